The van der Waals surface area contributed by atoms with Gasteiger partial charge < -0.3 is 5.32 Å². The molecule has 0 bridgehead atoms. The van der Waals surface area contributed by atoms with Crippen LogP contribution in [0, 0.1) is 5.92 Å². The van der Waals surface area contributed by atoms with E-state index in [4.69, 9.17) is 11.6 Å². The first-order valence-corrected chi connectivity index (χ1v) is 8.25. The molecule has 1 heterocycles. The third-order valence-electron chi connectivity index (χ3n) is 4.98. The van der Waals surface area contributed by atoms with Crippen molar-refractivity contribution in [3.63, 3.8) is 0 Å². The van der Waals surface area contributed by atoms with Crippen molar-refractivity contribution in [1.82, 2.24) is 10.2 Å². The van der Waals surface area contributed by atoms with Gasteiger partial charge in [-0.2, -0.15) is 0 Å². The van der Waals surface area contributed by atoms with Gasteiger partial charge in [0, 0.05) is 5.56 Å². The van der Waals surface area contributed by atoms with Gasteiger partial charge in [-0.1, -0.05) is 43.5 Å². The standard InChI is InChI=1S/C17H19ClN2O3/c1-11-6-4-5-9-17(11)15(22)20(16(23)19-17)10-14(21)12-7-2-3-8-13(12)18/h2-3,7-8,11H,4-6,9-10H2,1H3,(H,19,23)/t11-,17-/m0/s1. The highest BCUT2D eigenvalue weighted by molar-refractivity contribution is 6.34. The van der Waals surface area contributed by atoms with Crippen LogP contribution in [-0.4, -0.2) is 34.7 Å². The van der Waals surface area contributed by atoms with E-state index in [-0.39, 0.29) is 24.2 Å². The van der Waals surface area contributed by atoms with Crippen molar-refractivity contribution in [3.8, 4) is 0 Å². The second-order valence-corrected chi connectivity index (χ2v) is 6.75. The van der Waals surface area contributed by atoms with Crippen LogP contribution in [0.15, 0.2) is 24.3 Å². The summed E-state index contributed by atoms with van der Waals surface area (Å²) < 4.78 is 0. The van der Waals surface area contributed by atoms with E-state index in [1.54, 1.807) is 24.3 Å². The van der Waals surface area contributed by atoms with Gasteiger partial charge in [0.2, 0.25) is 0 Å². The molecule has 1 aliphatic carbocycles. The highest BCUT2D eigenvalue weighted by atomic mass is 35.5. The normalized spacial score (nSPS) is 27.4. The smallest absolute Gasteiger partial charge is 0.323 e. The number of ketones is 1. The van der Waals surface area contributed by atoms with E-state index in [2.05, 4.69) is 5.32 Å². The number of amides is 3. The predicted molar refractivity (Wildman–Crippen MR) is 86.4 cm³/mol. The number of Topliss-reactive ketones (excluding diaryl/α,β-unsaturated/α-hetero) is 1. The van der Waals surface area contributed by atoms with Crippen LogP contribution in [-0.2, 0) is 4.79 Å². The molecule has 2 atom stereocenters. The molecule has 1 saturated carbocycles. The number of hydrogen-bond acceptors (Lipinski definition) is 3. The number of carbonyl (C=O) groups is 3. The Hall–Kier alpha value is -1.88. The molecule has 1 spiro atoms. The molecule has 5 nitrogen and oxygen atoms in total. The maximum absolute atomic E-state index is 12.8. The summed E-state index contributed by atoms with van der Waals surface area (Å²) in [6.45, 7) is 1.71. The summed E-state index contributed by atoms with van der Waals surface area (Å²) in [5, 5.41) is 3.17. The molecule has 122 valence electrons. The highest BCUT2D eigenvalue weighted by Crippen LogP contribution is 2.38. The minimum absolute atomic E-state index is 0.0770. The second kappa shape index (κ2) is 5.96. The third-order valence-corrected chi connectivity index (χ3v) is 5.31. The first-order chi connectivity index (χ1) is 11.0. The average molecular weight is 335 g/mol. The van der Waals surface area contributed by atoms with E-state index in [1.165, 1.54) is 0 Å². The van der Waals surface area contributed by atoms with E-state index in [0.29, 0.717) is 17.0 Å². The summed E-state index contributed by atoms with van der Waals surface area (Å²) in [6, 6.07) is 6.17. The number of carbonyl (C=O) groups excluding carboxylic acids is 3. The number of rotatable bonds is 3. The Morgan fingerprint density at radius 3 is 2.78 bits per heavy atom. The quantitative estimate of drug-likeness (QED) is 0.682. The Morgan fingerprint density at radius 2 is 2.09 bits per heavy atom. The van der Waals surface area contributed by atoms with Gasteiger partial charge >= 0.3 is 6.03 Å². The molecule has 1 aliphatic heterocycles. The van der Waals surface area contributed by atoms with Gasteiger partial charge in [0.05, 0.1) is 11.6 Å². The maximum Gasteiger partial charge on any atom is 0.325 e. The number of nitrogens with zero attached hydrogens (tertiary/aromatic N) is 1. The first-order valence-electron chi connectivity index (χ1n) is 7.87. The molecular weight excluding hydrogens is 316 g/mol. The van der Waals surface area contributed by atoms with Crippen molar-refractivity contribution in [2.24, 2.45) is 5.92 Å². The summed E-state index contributed by atoms with van der Waals surface area (Å²) in [6.07, 6.45) is 3.50. The van der Waals surface area contributed by atoms with Crippen molar-refractivity contribution < 1.29 is 14.4 Å². The van der Waals surface area contributed by atoms with E-state index >= 15 is 0 Å². The van der Waals surface area contributed by atoms with Crippen LogP contribution in [0.1, 0.15) is 43.0 Å². The Morgan fingerprint density at radius 1 is 1.35 bits per heavy atom. The molecule has 1 aromatic rings. The molecule has 1 saturated heterocycles. The molecule has 0 unspecified atom stereocenters. The summed E-state index contributed by atoms with van der Waals surface area (Å²) >= 11 is 6.02. The summed E-state index contributed by atoms with van der Waals surface area (Å²) in [4.78, 5) is 38.5. The average Bonchev–Trinajstić information content (AvgIpc) is 2.76. The lowest BCUT2D eigenvalue weighted by Gasteiger charge is -2.36. The fourth-order valence-corrected chi connectivity index (χ4v) is 3.80. The van der Waals surface area contributed by atoms with Crippen LogP contribution in [0.2, 0.25) is 5.02 Å². The van der Waals surface area contributed by atoms with Gasteiger partial charge in [-0.25, -0.2) is 4.79 Å². The Labute approximate surface area is 140 Å². The fourth-order valence-electron chi connectivity index (χ4n) is 3.56. The molecule has 2 aliphatic rings. The van der Waals surface area contributed by atoms with Gasteiger partial charge in [-0.05, 0) is 30.9 Å². The van der Waals surface area contributed by atoms with Crippen LogP contribution in [0.4, 0.5) is 4.79 Å². The number of hydrogen-bond donors (Lipinski definition) is 1. The van der Waals surface area contributed by atoms with Crippen molar-refractivity contribution in [1.29, 1.82) is 0 Å². The number of benzene rings is 1. The molecule has 0 aromatic heterocycles. The minimum atomic E-state index is -0.837. The molecule has 0 radical (unpaired) electrons. The number of imide groups is 1. The van der Waals surface area contributed by atoms with E-state index < -0.39 is 11.6 Å². The van der Waals surface area contributed by atoms with Gasteiger partial charge in [-0.15, -0.1) is 0 Å². The van der Waals surface area contributed by atoms with Gasteiger partial charge in [0.1, 0.15) is 5.54 Å². The molecule has 1 N–H and O–H groups in total. The summed E-state index contributed by atoms with van der Waals surface area (Å²) in [5.41, 5.74) is -0.511. The molecule has 3 rings (SSSR count). The summed E-state index contributed by atoms with van der Waals surface area (Å²) in [7, 11) is 0. The topological polar surface area (TPSA) is 66.5 Å². The van der Waals surface area contributed by atoms with Crippen molar-refractivity contribution in [3.05, 3.63) is 34.9 Å². The Balaban J connectivity index is 1.81. The van der Waals surface area contributed by atoms with Gasteiger partial charge in [-0.3, -0.25) is 14.5 Å². The zero-order valence-electron chi connectivity index (χ0n) is 13.0. The Bertz CT molecular complexity index is 676. The zero-order chi connectivity index (χ0) is 16.6. The zero-order valence-corrected chi connectivity index (χ0v) is 13.7. The fraction of sp³-hybridized carbons (Fsp3) is 0.471. The number of nitrogens with one attached hydrogen (secondary N) is 1. The van der Waals surface area contributed by atoms with E-state index in [9.17, 15) is 14.4 Å². The molecule has 3 amide bonds. The lowest BCUT2D eigenvalue weighted by Crippen LogP contribution is -2.54. The predicted octanol–water partition coefficient (Wildman–Crippen LogP) is 3.02. The number of urea groups is 1. The first kappa shape index (κ1) is 16.0. The van der Waals surface area contributed by atoms with Crippen molar-refractivity contribution in [2.75, 3.05) is 6.54 Å². The molecule has 1 aromatic carbocycles. The van der Waals surface area contributed by atoms with E-state index in [1.807, 2.05) is 6.92 Å². The van der Waals surface area contributed by atoms with Crippen LogP contribution in [0.25, 0.3) is 0 Å². The largest absolute Gasteiger partial charge is 0.325 e. The molecule has 2 fully saturated rings. The van der Waals surface area contributed by atoms with Crippen LogP contribution < -0.4 is 5.32 Å². The minimum Gasteiger partial charge on any atom is -0.323 e. The van der Waals surface area contributed by atoms with Crippen LogP contribution in [0.5, 0.6) is 0 Å². The van der Waals surface area contributed by atoms with Gasteiger partial charge in [0.25, 0.3) is 5.91 Å². The lowest BCUT2D eigenvalue weighted by atomic mass is 9.73. The Kier molecular flexibility index (Phi) is 4.15. The summed E-state index contributed by atoms with van der Waals surface area (Å²) in [5.74, 6) is -0.539. The SMILES string of the molecule is C[C@H]1CCCC[C@]12NC(=O)N(CC(=O)c1ccccc1Cl)C2=O. The van der Waals surface area contributed by atoms with Gasteiger partial charge in [0.15, 0.2) is 5.78 Å². The molecule has 6 heteroatoms. The number of halogens is 1. The van der Waals surface area contributed by atoms with Crippen LogP contribution in [0.3, 0.4) is 0 Å². The van der Waals surface area contributed by atoms with Crippen molar-refractivity contribution in [2.45, 2.75) is 38.1 Å². The van der Waals surface area contributed by atoms with E-state index in [0.717, 1.165) is 24.2 Å². The third kappa shape index (κ3) is 2.63. The second-order valence-electron chi connectivity index (χ2n) is 6.34. The molecular formula is C17H19ClN2O3. The van der Waals surface area contributed by atoms with Crippen LogP contribution >= 0.6 is 11.6 Å². The highest BCUT2D eigenvalue weighted by Gasteiger charge is 2.55. The van der Waals surface area contributed by atoms with Crippen molar-refractivity contribution >= 4 is 29.3 Å². The lowest BCUT2D eigenvalue weighted by molar-refractivity contribution is -0.133. The molecule has 23 heavy (non-hydrogen) atoms. The maximum atomic E-state index is 12.8. The monoisotopic (exact) mass is 334 g/mol.